The van der Waals surface area contributed by atoms with E-state index in [1.807, 2.05) is 6.26 Å². The van der Waals surface area contributed by atoms with Crippen molar-refractivity contribution in [3.05, 3.63) is 22.1 Å². The van der Waals surface area contributed by atoms with Crippen LogP contribution in [0.3, 0.4) is 0 Å². The standard InChI is InChI=1S/C7H8BrNO/c8-7-6-3-9-2-1-5(6)4-10-7/h4,9H,1-3H2. The Morgan fingerprint density at radius 2 is 2.50 bits per heavy atom. The molecule has 0 aromatic carbocycles. The molecule has 0 fully saturated rings. The maximum absolute atomic E-state index is 5.19. The minimum Gasteiger partial charge on any atom is -0.457 e. The van der Waals surface area contributed by atoms with Crippen molar-refractivity contribution in [2.45, 2.75) is 13.0 Å². The molecule has 54 valence electrons. The highest BCUT2D eigenvalue weighted by Gasteiger charge is 2.14. The highest BCUT2D eigenvalue weighted by molar-refractivity contribution is 9.10. The molecular formula is C7H8BrNO. The zero-order chi connectivity index (χ0) is 6.97. The number of hydrogen-bond acceptors (Lipinski definition) is 2. The van der Waals surface area contributed by atoms with Crippen LogP contribution in [-0.4, -0.2) is 6.54 Å². The predicted octanol–water partition coefficient (Wildman–Crippen LogP) is 1.69. The molecule has 1 N–H and O–H groups in total. The molecule has 0 unspecified atom stereocenters. The van der Waals surface area contributed by atoms with Gasteiger partial charge in [0.1, 0.15) is 0 Å². The normalized spacial score (nSPS) is 16.9. The van der Waals surface area contributed by atoms with Gasteiger partial charge in [-0.15, -0.1) is 0 Å². The lowest BCUT2D eigenvalue weighted by Crippen LogP contribution is -2.22. The smallest absolute Gasteiger partial charge is 0.173 e. The second-order valence-corrected chi connectivity index (χ2v) is 3.16. The maximum Gasteiger partial charge on any atom is 0.173 e. The van der Waals surface area contributed by atoms with Crippen LogP contribution in [0, 0.1) is 0 Å². The van der Waals surface area contributed by atoms with Crippen molar-refractivity contribution in [1.82, 2.24) is 5.32 Å². The Labute approximate surface area is 67.7 Å². The van der Waals surface area contributed by atoms with E-state index < -0.39 is 0 Å². The highest BCUT2D eigenvalue weighted by atomic mass is 79.9. The molecule has 0 bridgehead atoms. The Kier molecular flexibility index (Phi) is 1.54. The number of nitrogens with one attached hydrogen (secondary N) is 1. The third kappa shape index (κ3) is 0.896. The van der Waals surface area contributed by atoms with E-state index in [4.69, 9.17) is 4.42 Å². The number of hydrogen-bond donors (Lipinski definition) is 1. The van der Waals surface area contributed by atoms with E-state index >= 15 is 0 Å². The van der Waals surface area contributed by atoms with Crippen molar-refractivity contribution >= 4 is 15.9 Å². The fourth-order valence-electron chi connectivity index (χ4n) is 1.22. The topological polar surface area (TPSA) is 25.2 Å². The lowest BCUT2D eigenvalue weighted by atomic mass is 10.1. The van der Waals surface area contributed by atoms with Gasteiger partial charge in [0, 0.05) is 12.1 Å². The predicted molar refractivity (Wildman–Crippen MR) is 41.8 cm³/mol. The van der Waals surface area contributed by atoms with Crippen LogP contribution in [0.4, 0.5) is 0 Å². The molecule has 10 heavy (non-hydrogen) atoms. The second-order valence-electron chi connectivity index (χ2n) is 2.44. The van der Waals surface area contributed by atoms with Crippen LogP contribution < -0.4 is 5.32 Å². The average molecular weight is 202 g/mol. The molecule has 2 heterocycles. The molecular weight excluding hydrogens is 194 g/mol. The summed E-state index contributed by atoms with van der Waals surface area (Å²) in [5.41, 5.74) is 2.62. The van der Waals surface area contributed by atoms with Gasteiger partial charge in [0.2, 0.25) is 0 Å². The number of rotatable bonds is 0. The summed E-state index contributed by atoms with van der Waals surface area (Å²) in [5, 5.41) is 3.28. The molecule has 2 rings (SSSR count). The van der Waals surface area contributed by atoms with Crippen LogP contribution in [-0.2, 0) is 13.0 Å². The molecule has 0 aliphatic carbocycles. The van der Waals surface area contributed by atoms with Crippen LogP contribution in [0.2, 0.25) is 0 Å². The second kappa shape index (κ2) is 2.40. The van der Waals surface area contributed by atoms with E-state index in [9.17, 15) is 0 Å². The molecule has 1 aliphatic heterocycles. The van der Waals surface area contributed by atoms with Gasteiger partial charge in [0.25, 0.3) is 0 Å². The van der Waals surface area contributed by atoms with Gasteiger partial charge in [-0.3, -0.25) is 0 Å². The average Bonchev–Trinajstić information content (AvgIpc) is 2.34. The van der Waals surface area contributed by atoms with Gasteiger partial charge in [-0.1, -0.05) is 0 Å². The maximum atomic E-state index is 5.19. The Hall–Kier alpha value is -0.280. The molecule has 0 spiro atoms. The van der Waals surface area contributed by atoms with Crippen molar-refractivity contribution in [1.29, 1.82) is 0 Å². The third-order valence-corrected chi connectivity index (χ3v) is 2.47. The molecule has 0 amide bonds. The molecule has 1 aliphatic rings. The lowest BCUT2D eigenvalue weighted by molar-refractivity contribution is 0.535. The molecule has 0 atom stereocenters. The molecule has 0 radical (unpaired) electrons. The largest absolute Gasteiger partial charge is 0.457 e. The summed E-state index contributed by atoms with van der Waals surface area (Å²) >= 11 is 3.35. The van der Waals surface area contributed by atoms with Crippen LogP contribution in [0.1, 0.15) is 11.1 Å². The van der Waals surface area contributed by atoms with E-state index in [0.717, 1.165) is 24.2 Å². The van der Waals surface area contributed by atoms with Crippen molar-refractivity contribution in [2.75, 3.05) is 6.54 Å². The van der Waals surface area contributed by atoms with E-state index in [1.165, 1.54) is 11.1 Å². The van der Waals surface area contributed by atoms with Gasteiger partial charge in [-0.25, -0.2) is 0 Å². The number of fused-ring (bicyclic) bond motifs is 1. The van der Waals surface area contributed by atoms with Crippen LogP contribution in [0.25, 0.3) is 0 Å². The summed E-state index contributed by atoms with van der Waals surface area (Å²) in [5.74, 6) is 0. The monoisotopic (exact) mass is 201 g/mol. The minimum atomic E-state index is 0.884. The molecule has 3 heteroatoms. The quantitative estimate of drug-likeness (QED) is 0.692. The van der Waals surface area contributed by atoms with E-state index in [2.05, 4.69) is 21.2 Å². The van der Waals surface area contributed by atoms with Gasteiger partial charge in [0.05, 0.1) is 6.26 Å². The summed E-state index contributed by atoms with van der Waals surface area (Å²) < 4.78 is 6.08. The van der Waals surface area contributed by atoms with Gasteiger partial charge in [0.15, 0.2) is 4.67 Å². The first-order chi connectivity index (χ1) is 4.88. The zero-order valence-corrected chi connectivity index (χ0v) is 7.07. The third-order valence-electron chi connectivity index (χ3n) is 1.80. The van der Waals surface area contributed by atoms with Crippen LogP contribution >= 0.6 is 15.9 Å². The van der Waals surface area contributed by atoms with Crippen molar-refractivity contribution in [2.24, 2.45) is 0 Å². The Bertz CT molecular complexity index is 244. The molecule has 0 saturated heterocycles. The minimum absolute atomic E-state index is 0.884. The van der Waals surface area contributed by atoms with Crippen LogP contribution in [0.5, 0.6) is 0 Å². The summed E-state index contributed by atoms with van der Waals surface area (Å²) in [6, 6.07) is 0. The van der Waals surface area contributed by atoms with Crippen LogP contribution in [0.15, 0.2) is 15.3 Å². The first-order valence-electron chi connectivity index (χ1n) is 3.33. The van der Waals surface area contributed by atoms with Gasteiger partial charge < -0.3 is 9.73 Å². The van der Waals surface area contributed by atoms with E-state index in [1.54, 1.807) is 0 Å². The zero-order valence-electron chi connectivity index (χ0n) is 5.48. The molecule has 0 saturated carbocycles. The van der Waals surface area contributed by atoms with Crippen molar-refractivity contribution in [3.8, 4) is 0 Å². The highest BCUT2D eigenvalue weighted by Crippen LogP contribution is 2.24. The van der Waals surface area contributed by atoms with Crippen molar-refractivity contribution < 1.29 is 4.42 Å². The number of furan rings is 1. The SMILES string of the molecule is Brc1occ2c1CNCC2. The van der Waals surface area contributed by atoms with Gasteiger partial charge in [-0.2, -0.15) is 0 Å². The molecule has 1 aromatic heterocycles. The fourth-order valence-corrected chi connectivity index (χ4v) is 1.71. The Balaban J connectivity index is 2.45. The summed E-state index contributed by atoms with van der Waals surface area (Å²) in [6.07, 6.45) is 2.92. The summed E-state index contributed by atoms with van der Waals surface area (Å²) in [6.45, 7) is 2.01. The fraction of sp³-hybridized carbons (Fsp3) is 0.429. The Morgan fingerprint density at radius 1 is 1.60 bits per heavy atom. The first-order valence-corrected chi connectivity index (χ1v) is 4.12. The van der Waals surface area contributed by atoms with Gasteiger partial charge in [-0.05, 0) is 34.5 Å². The van der Waals surface area contributed by atoms with Gasteiger partial charge >= 0.3 is 0 Å². The van der Waals surface area contributed by atoms with Crippen molar-refractivity contribution in [3.63, 3.8) is 0 Å². The molecule has 1 aromatic rings. The Morgan fingerprint density at radius 3 is 3.30 bits per heavy atom. The summed E-state index contributed by atoms with van der Waals surface area (Å²) in [7, 11) is 0. The van der Waals surface area contributed by atoms with E-state index in [-0.39, 0.29) is 0 Å². The first kappa shape index (κ1) is 6.43. The number of halogens is 1. The van der Waals surface area contributed by atoms with E-state index in [0.29, 0.717) is 0 Å². The molecule has 2 nitrogen and oxygen atoms in total. The lowest BCUT2D eigenvalue weighted by Gasteiger charge is -2.10. The summed E-state index contributed by atoms with van der Waals surface area (Å²) in [4.78, 5) is 0.